The first-order valence-corrected chi connectivity index (χ1v) is 9.66. The van der Waals surface area contributed by atoms with E-state index < -0.39 is 10.0 Å². The Morgan fingerprint density at radius 2 is 1.76 bits per heavy atom. The van der Waals surface area contributed by atoms with Crippen LogP contribution in [0.25, 0.3) is 0 Å². The molecule has 0 spiro atoms. The molecule has 2 aromatic rings. The number of nitrogens with zero attached hydrogens (tertiary/aromatic N) is 2. The van der Waals surface area contributed by atoms with Crippen LogP contribution in [0.2, 0.25) is 0 Å². The molecular formula is C19H20N2O3S. The number of hydrogen-bond acceptors (Lipinski definition) is 4. The monoisotopic (exact) mass is 356 g/mol. The zero-order chi connectivity index (χ0) is 17.9. The molecule has 0 saturated heterocycles. The van der Waals surface area contributed by atoms with E-state index >= 15 is 0 Å². The van der Waals surface area contributed by atoms with Crippen LogP contribution in [0.1, 0.15) is 24.0 Å². The van der Waals surface area contributed by atoms with Crippen LogP contribution in [0.4, 0.5) is 0 Å². The lowest BCUT2D eigenvalue weighted by Gasteiger charge is -2.22. The molecule has 5 nitrogen and oxygen atoms in total. The van der Waals surface area contributed by atoms with Crippen molar-refractivity contribution in [1.29, 1.82) is 5.26 Å². The number of ether oxygens (including phenoxy) is 1. The van der Waals surface area contributed by atoms with Gasteiger partial charge in [-0.25, -0.2) is 8.42 Å². The third-order valence-corrected chi connectivity index (χ3v) is 6.11. The van der Waals surface area contributed by atoms with Gasteiger partial charge in [0.05, 0.1) is 16.5 Å². The fourth-order valence-electron chi connectivity index (χ4n) is 2.59. The largest absolute Gasteiger partial charge is 0.492 e. The summed E-state index contributed by atoms with van der Waals surface area (Å²) in [7, 11) is -3.58. The van der Waals surface area contributed by atoms with E-state index in [0.29, 0.717) is 18.7 Å². The maximum Gasteiger partial charge on any atom is 0.243 e. The number of benzene rings is 2. The quantitative estimate of drug-likeness (QED) is 0.764. The second kappa shape index (κ2) is 7.26. The van der Waals surface area contributed by atoms with E-state index in [4.69, 9.17) is 10.00 Å². The molecule has 0 N–H and O–H groups in total. The van der Waals surface area contributed by atoms with Crippen molar-refractivity contribution < 1.29 is 13.2 Å². The van der Waals surface area contributed by atoms with Crippen LogP contribution in [0, 0.1) is 18.3 Å². The molecule has 2 aromatic carbocycles. The Morgan fingerprint density at radius 1 is 1.12 bits per heavy atom. The lowest BCUT2D eigenvalue weighted by atomic mass is 10.2. The van der Waals surface area contributed by atoms with Gasteiger partial charge >= 0.3 is 0 Å². The van der Waals surface area contributed by atoms with Crippen molar-refractivity contribution in [3.63, 3.8) is 0 Å². The number of rotatable bonds is 7. The molecule has 1 aliphatic carbocycles. The molecule has 0 radical (unpaired) electrons. The van der Waals surface area contributed by atoms with Crippen molar-refractivity contribution in [2.24, 2.45) is 0 Å². The molecule has 1 aliphatic rings. The Morgan fingerprint density at radius 3 is 2.32 bits per heavy atom. The Kier molecular flexibility index (Phi) is 5.07. The van der Waals surface area contributed by atoms with Gasteiger partial charge in [-0.05, 0) is 56.2 Å². The molecule has 0 atom stereocenters. The highest BCUT2D eigenvalue weighted by Crippen LogP contribution is 2.32. The smallest absolute Gasteiger partial charge is 0.243 e. The molecule has 130 valence electrons. The molecular weight excluding hydrogens is 336 g/mol. The van der Waals surface area contributed by atoms with Gasteiger partial charge in [-0.3, -0.25) is 0 Å². The van der Waals surface area contributed by atoms with E-state index in [9.17, 15) is 8.42 Å². The maximum atomic E-state index is 12.9. The van der Waals surface area contributed by atoms with Crippen molar-refractivity contribution in [2.75, 3.05) is 13.2 Å². The van der Waals surface area contributed by atoms with Crippen LogP contribution in [-0.4, -0.2) is 31.9 Å². The fourth-order valence-corrected chi connectivity index (χ4v) is 4.26. The first-order valence-electron chi connectivity index (χ1n) is 8.22. The van der Waals surface area contributed by atoms with E-state index in [2.05, 4.69) is 0 Å². The Hall–Kier alpha value is -2.36. The van der Waals surface area contributed by atoms with Crippen LogP contribution in [0.15, 0.2) is 53.4 Å². The Balaban J connectivity index is 1.69. The van der Waals surface area contributed by atoms with Crippen molar-refractivity contribution in [1.82, 2.24) is 4.31 Å². The van der Waals surface area contributed by atoms with Crippen LogP contribution < -0.4 is 4.74 Å². The molecule has 1 saturated carbocycles. The molecule has 0 bridgehead atoms. The highest BCUT2D eigenvalue weighted by Gasteiger charge is 2.37. The van der Waals surface area contributed by atoms with Gasteiger partial charge in [0.2, 0.25) is 10.0 Å². The fraction of sp³-hybridized carbons (Fsp3) is 0.316. The molecule has 0 unspecified atom stereocenters. The summed E-state index contributed by atoms with van der Waals surface area (Å²) in [5, 5.41) is 8.85. The van der Waals surface area contributed by atoms with Crippen molar-refractivity contribution >= 4 is 10.0 Å². The van der Waals surface area contributed by atoms with Crippen LogP contribution in [0.3, 0.4) is 0 Å². The molecule has 0 amide bonds. The van der Waals surface area contributed by atoms with E-state index in [-0.39, 0.29) is 10.9 Å². The van der Waals surface area contributed by atoms with E-state index in [0.717, 1.165) is 24.2 Å². The average Bonchev–Trinajstić information content (AvgIpc) is 3.45. The number of sulfonamides is 1. The first-order chi connectivity index (χ1) is 12.0. The molecule has 0 aromatic heterocycles. The predicted octanol–water partition coefficient (Wildman–Crippen LogP) is 3.10. The van der Waals surface area contributed by atoms with Gasteiger partial charge in [0.25, 0.3) is 0 Å². The van der Waals surface area contributed by atoms with Crippen molar-refractivity contribution in [2.45, 2.75) is 30.7 Å². The first kappa shape index (κ1) is 17.5. The molecule has 1 fully saturated rings. The van der Waals surface area contributed by atoms with E-state index in [1.54, 1.807) is 0 Å². The highest BCUT2D eigenvalue weighted by molar-refractivity contribution is 7.89. The second-order valence-corrected chi connectivity index (χ2v) is 8.04. The normalized spacial score (nSPS) is 14.3. The van der Waals surface area contributed by atoms with Crippen LogP contribution in [0.5, 0.6) is 5.75 Å². The molecule has 0 aliphatic heterocycles. The van der Waals surface area contributed by atoms with Gasteiger partial charge < -0.3 is 4.74 Å². The van der Waals surface area contributed by atoms with Crippen molar-refractivity contribution in [3.05, 3.63) is 59.7 Å². The lowest BCUT2D eigenvalue weighted by Crippen LogP contribution is -2.36. The summed E-state index contributed by atoms with van der Waals surface area (Å²) < 4.78 is 33.0. The second-order valence-electron chi connectivity index (χ2n) is 6.14. The molecule has 25 heavy (non-hydrogen) atoms. The number of hydrogen-bond donors (Lipinski definition) is 0. The summed E-state index contributed by atoms with van der Waals surface area (Å²) in [6.45, 7) is 2.61. The minimum Gasteiger partial charge on any atom is -0.492 e. The van der Waals surface area contributed by atoms with Gasteiger partial charge in [-0.15, -0.1) is 0 Å². The minimum absolute atomic E-state index is 0.0438. The van der Waals surface area contributed by atoms with Gasteiger partial charge in [0.15, 0.2) is 0 Å². The highest BCUT2D eigenvalue weighted by atomic mass is 32.2. The average molecular weight is 356 g/mol. The Bertz CT molecular complexity index is 864. The topological polar surface area (TPSA) is 70.4 Å². The summed E-state index contributed by atoms with van der Waals surface area (Å²) in [6, 6.07) is 15.8. The number of aryl methyl sites for hydroxylation is 1. The number of nitriles is 1. The third-order valence-electron chi connectivity index (χ3n) is 4.15. The molecule has 6 heteroatoms. The van der Waals surface area contributed by atoms with Crippen LogP contribution >= 0.6 is 0 Å². The summed E-state index contributed by atoms with van der Waals surface area (Å²) in [5.74, 6) is 0.733. The SMILES string of the molecule is Cc1ccc(OCCN(C2CC2)S(=O)(=O)c2ccc(C#N)cc2)cc1. The summed E-state index contributed by atoms with van der Waals surface area (Å²) in [4.78, 5) is 0.216. The maximum absolute atomic E-state index is 12.9. The summed E-state index contributed by atoms with van der Waals surface area (Å²) >= 11 is 0. The molecule has 3 rings (SSSR count). The zero-order valence-corrected chi connectivity index (χ0v) is 14.9. The van der Waals surface area contributed by atoms with Crippen molar-refractivity contribution in [3.8, 4) is 11.8 Å². The van der Waals surface area contributed by atoms with Gasteiger partial charge in [-0.1, -0.05) is 17.7 Å². The third kappa shape index (κ3) is 4.19. The summed E-state index contributed by atoms with van der Waals surface area (Å²) in [5.41, 5.74) is 1.59. The van der Waals surface area contributed by atoms with Gasteiger partial charge in [0, 0.05) is 12.6 Å². The molecule has 0 heterocycles. The Labute approximate surface area is 148 Å². The summed E-state index contributed by atoms with van der Waals surface area (Å²) in [6.07, 6.45) is 1.75. The van der Waals surface area contributed by atoms with Gasteiger partial charge in [-0.2, -0.15) is 9.57 Å². The van der Waals surface area contributed by atoms with Crippen LogP contribution in [-0.2, 0) is 10.0 Å². The standard InChI is InChI=1S/C19H20N2O3S/c1-15-2-8-18(9-3-15)24-13-12-21(17-6-7-17)25(22,23)19-10-4-16(14-20)5-11-19/h2-5,8-11,17H,6-7,12-13H2,1H3. The van der Waals surface area contributed by atoms with E-state index in [1.165, 1.54) is 28.6 Å². The lowest BCUT2D eigenvalue weighted by molar-refractivity contribution is 0.269. The van der Waals surface area contributed by atoms with E-state index in [1.807, 2.05) is 37.3 Å². The zero-order valence-electron chi connectivity index (χ0n) is 14.1. The minimum atomic E-state index is -3.58. The van der Waals surface area contributed by atoms with Gasteiger partial charge in [0.1, 0.15) is 12.4 Å². The predicted molar refractivity (Wildman–Crippen MR) is 94.7 cm³/mol.